The standard InChI is InChI=1S/C8H7IO2/c1-6(10)11-8-5-3-2-4-7(8)9/h2-5H,1H3. The lowest BCUT2D eigenvalue weighted by Gasteiger charge is -2.01. The number of hydrogen-bond acceptors (Lipinski definition) is 2. The van der Waals surface area contributed by atoms with E-state index in [4.69, 9.17) is 4.74 Å². The lowest BCUT2D eigenvalue weighted by molar-refractivity contribution is -0.131. The Morgan fingerprint density at radius 3 is 2.64 bits per heavy atom. The van der Waals surface area contributed by atoms with Crippen LogP contribution in [0, 0.1) is 3.57 Å². The lowest BCUT2D eigenvalue weighted by Crippen LogP contribution is -2.02. The van der Waals surface area contributed by atoms with Gasteiger partial charge in [-0.1, -0.05) is 12.1 Å². The zero-order valence-electron chi connectivity index (χ0n) is 6.00. The molecular formula is C8H7IO2. The number of benzene rings is 1. The van der Waals surface area contributed by atoms with Gasteiger partial charge in [-0.05, 0) is 34.7 Å². The molecule has 0 fully saturated rings. The summed E-state index contributed by atoms with van der Waals surface area (Å²) in [5.41, 5.74) is 0. The lowest BCUT2D eigenvalue weighted by atomic mass is 10.3. The van der Waals surface area contributed by atoms with Crippen molar-refractivity contribution in [1.29, 1.82) is 0 Å². The molecule has 0 aliphatic heterocycles. The maximum Gasteiger partial charge on any atom is 0.308 e. The number of carbonyl (C=O) groups is 1. The Bertz CT molecular complexity index is 271. The first-order valence-corrected chi connectivity index (χ1v) is 4.21. The smallest absolute Gasteiger partial charge is 0.308 e. The Kier molecular flexibility index (Phi) is 2.87. The monoisotopic (exact) mass is 262 g/mol. The van der Waals surface area contributed by atoms with Crippen LogP contribution in [0.15, 0.2) is 24.3 Å². The second kappa shape index (κ2) is 3.71. The van der Waals surface area contributed by atoms with Gasteiger partial charge in [-0.15, -0.1) is 0 Å². The van der Waals surface area contributed by atoms with Gasteiger partial charge in [-0.2, -0.15) is 0 Å². The molecule has 0 aromatic heterocycles. The Morgan fingerprint density at radius 1 is 1.45 bits per heavy atom. The van der Waals surface area contributed by atoms with E-state index in [1.807, 2.05) is 18.2 Å². The maximum absolute atomic E-state index is 10.5. The molecule has 0 radical (unpaired) electrons. The SMILES string of the molecule is CC(=O)Oc1ccccc1I. The molecule has 0 spiro atoms. The molecule has 0 N–H and O–H groups in total. The van der Waals surface area contributed by atoms with Crippen LogP contribution in [0.1, 0.15) is 6.92 Å². The van der Waals surface area contributed by atoms with E-state index in [0.717, 1.165) is 3.57 Å². The van der Waals surface area contributed by atoms with Crippen molar-refractivity contribution in [2.75, 3.05) is 0 Å². The van der Waals surface area contributed by atoms with E-state index in [1.165, 1.54) is 6.92 Å². The van der Waals surface area contributed by atoms with E-state index >= 15 is 0 Å². The van der Waals surface area contributed by atoms with Crippen LogP contribution >= 0.6 is 22.6 Å². The molecule has 0 saturated carbocycles. The first-order chi connectivity index (χ1) is 5.20. The van der Waals surface area contributed by atoms with Crippen LogP contribution in [0.3, 0.4) is 0 Å². The fourth-order valence-corrected chi connectivity index (χ4v) is 1.18. The summed E-state index contributed by atoms with van der Waals surface area (Å²) in [5, 5.41) is 0. The van der Waals surface area contributed by atoms with E-state index in [9.17, 15) is 4.79 Å². The summed E-state index contributed by atoms with van der Waals surface area (Å²) in [7, 11) is 0. The molecule has 1 aromatic rings. The van der Waals surface area contributed by atoms with Crippen molar-refractivity contribution in [3.63, 3.8) is 0 Å². The van der Waals surface area contributed by atoms with Gasteiger partial charge in [-0.25, -0.2) is 0 Å². The van der Waals surface area contributed by atoms with Gasteiger partial charge in [0.2, 0.25) is 0 Å². The van der Waals surface area contributed by atoms with Crippen molar-refractivity contribution in [3.05, 3.63) is 27.8 Å². The number of carbonyl (C=O) groups excluding carboxylic acids is 1. The van der Waals surface area contributed by atoms with E-state index < -0.39 is 0 Å². The molecule has 0 unspecified atom stereocenters. The summed E-state index contributed by atoms with van der Waals surface area (Å²) >= 11 is 2.12. The minimum absolute atomic E-state index is 0.283. The van der Waals surface area contributed by atoms with Crippen LogP contribution in [0.2, 0.25) is 0 Å². The van der Waals surface area contributed by atoms with E-state index in [1.54, 1.807) is 6.07 Å². The molecule has 0 amide bonds. The number of halogens is 1. The van der Waals surface area contributed by atoms with Crippen LogP contribution in [0.4, 0.5) is 0 Å². The van der Waals surface area contributed by atoms with E-state index in [0.29, 0.717) is 5.75 Å². The quantitative estimate of drug-likeness (QED) is 0.440. The topological polar surface area (TPSA) is 26.3 Å². The normalized spacial score (nSPS) is 9.27. The largest absolute Gasteiger partial charge is 0.426 e. The number of hydrogen-bond donors (Lipinski definition) is 0. The van der Waals surface area contributed by atoms with Crippen LogP contribution in [-0.4, -0.2) is 5.97 Å². The van der Waals surface area contributed by atoms with Crippen molar-refractivity contribution < 1.29 is 9.53 Å². The van der Waals surface area contributed by atoms with Gasteiger partial charge in [0, 0.05) is 6.92 Å². The average Bonchev–Trinajstić information content (AvgIpc) is 1.93. The molecule has 0 aliphatic carbocycles. The van der Waals surface area contributed by atoms with Gasteiger partial charge in [0.1, 0.15) is 5.75 Å². The number of para-hydroxylation sites is 1. The van der Waals surface area contributed by atoms with Crippen LogP contribution in [-0.2, 0) is 4.79 Å². The molecule has 0 saturated heterocycles. The Morgan fingerprint density at radius 2 is 2.09 bits per heavy atom. The summed E-state index contributed by atoms with van der Waals surface area (Å²) in [6.07, 6.45) is 0. The number of esters is 1. The summed E-state index contributed by atoms with van der Waals surface area (Å²) < 4.78 is 5.84. The highest BCUT2D eigenvalue weighted by Gasteiger charge is 2.00. The highest BCUT2D eigenvalue weighted by Crippen LogP contribution is 2.19. The summed E-state index contributed by atoms with van der Waals surface area (Å²) in [4.78, 5) is 10.5. The molecule has 2 nitrogen and oxygen atoms in total. The third-order valence-corrected chi connectivity index (χ3v) is 1.98. The van der Waals surface area contributed by atoms with Crippen LogP contribution < -0.4 is 4.74 Å². The van der Waals surface area contributed by atoms with E-state index in [2.05, 4.69) is 22.6 Å². The van der Waals surface area contributed by atoms with Crippen LogP contribution in [0.25, 0.3) is 0 Å². The third-order valence-electron chi connectivity index (χ3n) is 1.09. The summed E-state index contributed by atoms with van der Waals surface area (Å²) in [6.45, 7) is 1.39. The molecule has 3 heteroatoms. The maximum atomic E-state index is 10.5. The summed E-state index contributed by atoms with van der Waals surface area (Å²) in [5.74, 6) is 0.342. The molecule has 0 aliphatic rings. The van der Waals surface area contributed by atoms with Crippen molar-refractivity contribution >= 4 is 28.6 Å². The Hall–Kier alpha value is -0.580. The molecule has 0 heterocycles. The fraction of sp³-hybridized carbons (Fsp3) is 0.125. The fourth-order valence-electron chi connectivity index (χ4n) is 0.682. The van der Waals surface area contributed by atoms with Crippen molar-refractivity contribution in [3.8, 4) is 5.75 Å². The highest BCUT2D eigenvalue weighted by molar-refractivity contribution is 14.1. The predicted octanol–water partition coefficient (Wildman–Crippen LogP) is 2.22. The molecule has 1 rings (SSSR count). The van der Waals surface area contributed by atoms with E-state index in [-0.39, 0.29) is 5.97 Å². The molecule has 0 bridgehead atoms. The molecular weight excluding hydrogens is 255 g/mol. The zero-order chi connectivity index (χ0) is 8.27. The zero-order valence-corrected chi connectivity index (χ0v) is 8.16. The minimum atomic E-state index is -0.283. The van der Waals surface area contributed by atoms with Crippen molar-refractivity contribution in [2.24, 2.45) is 0 Å². The Balaban J connectivity index is 2.86. The van der Waals surface area contributed by atoms with Gasteiger partial charge < -0.3 is 4.74 Å². The highest BCUT2D eigenvalue weighted by atomic mass is 127. The molecule has 58 valence electrons. The average molecular weight is 262 g/mol. The Labute approximate surface area is 78.7 Å². The van der Waals surface area contributed by atoms with Crippen molar-refractivity contribution in [1.82, 2.24) is 0 Å². The second-order valence-electron chi connectivity index (χ2n) is 2.02. The van der Waals surface area contributed by atoms with Gasteiger partial charge >= 0.3 is 5.97 Å². The second-order valence-corrected chi connectivity index (χ2v) is 3.19. The number of ether oxygens (including phenoxy) is 1. The van der Waals surface area contributed by atoms with Gasteiger partial charge in [0.15, 0.2) is 0 Å². The summed E-state index contributed by atoms with van der Waals surface area (Å²) in [6, 6.07) is 7.39. The molecule has 0 atom stereocenters. The van der Waals surface area contributed by atoms with Crippen molar-refractivity contribution in [2.45, 2.75) is 6.92 Å². The van der Waals surface area contributed by atoms with Gasteiger partial charge in [-0.3, -0.25) is 4.79 Å². The molecule has 11 heavy (non-hydrogen) atoms. The van der Waals surface area contributed by atoms with Crippen LogP contribution in [0.5, 0.6) is 5.75 Å². The molecule has 1 aromatic carbocycles. The van der Waals surface area contributed by atoms with Gasteiger partial charge in [0.25, 0.3) is 0 Å². The predicted molar refractivity (Wildman–Crippen MR) is 50.5 cm³/mol. The minimum Gasteiger partial charge on any atom is -0.426 e. The number of rotatable bonds is 1. The first-order valence-electron chi connectivity index (χ1n) is 3.13. The third kappa shape index (κ3) is 2.49. The first kappa shape index (κ1) is 8.52. The van der Waals surface area contributed by atoms with Gasteiger partial charge in [0.05, 0.1) is 3.57 Å².